The maximum atomic E-state index is 12.1. The van der Waals surface area contributed by atoms with Crippen molar-refractivity contribution in [2.45, 2.75) is 19.5 Å². The van der Waals surface area contributed by atoms with Crippen molar-refractivity contribution in [3.05, 3.63) is 33.4 Å². The van der Waals surface area contributed by atoms with Gasteiger partial charge in [0.25, 0.3) is 5.56 Å². The molecule has 0 bridgehead atoms. The minimum atomic E-state index is -0.173. The predicted molar refractivity (Wildman–Crippen MR) is 81.2 cm³/mol. The summed E-state index contributed by atoms with van der Waals surface area (Å²) >= 11 is 3.31. The smallest absolute Gasteiger partial charge is 0.283 e. The fraction of sp³-hybridized carbons (Fsp3) is 0.500. The van der Waals surface area contributed by atoms with E-state index in [1.54, 1.807) is 24.2 Å². The van der Waals surface area contributed by atoms with Gasteiger partial charge in [0.1, 0.15) is 4.47 Å². The predicted octanol–water partition coefficient (Wildman–Crippen LogP) is 0.746. The van der Waals surface area contributed by atoms with E-state index in [0.29, 0.717) is 29.9 Å². The van der Waals surface area contributed by atoms with Crippen LogP contribution in [-0.2, 0) is 17.8 Å². The Balaban J connectivity index is 1.88. The van der Waals surface area contributed by atoms with E-state index in [1.165, 1.54) is 4.68 Å². The lowest BCUT2D eigenvalue weighted by Gasteiger charge is -2.10. The molecule has 0 atom stereocenters. The zero-order chi connectivity index (χ0) is 15.1. The molecule has 0 aliphatic rings. The van der Waals surface area contributed by atoms with Crippen molar-refractivity contribution in [2.24, 2.45) is 0 Å². The molecule has 9 heteroatoms. The molecule has 2 aromatic heterocycles. The van der Waals surface area contributed by atoms with Gasteiger partial charge in [0.05, 0.1) is 31.2 Å². The van der Waals surface area contributed by atoms with Crippen LogP contribution in [0, 0.1) is 0 Å². The number of hydrogen-bond acceptors (Lipinski definition) is 6. The highest BCUT2D eigenvalue weighted by Crippen LogP contribution is 2.15. The lowest BCUT2D eigenvalue weighted by atomic mass is 10.4. The maximum absolute atomic E-state index is 12.1. The van der Waals surface area contributed by atoms with Crippen LogP contribution in [0.5, 0.6) is 0 Å². The van der Waals surface area contributed by atoms with E-state index >= 15 is 0 Å². The van der Waals surface area contributed by atoms with Gasteiger partial charge >= 0.3 is 0 Å². The molecular weight excluding hydrogens is 340 g/mol. The Labute approximate surface area is 130 Å². The molecule has 0 unspecified atom stereocenters. The van der Waals surface area contributed by atoms with Crippen LogP contribution >= 0.6 is 15.9 Å². The lowest BCUT2D eigenvalue weighted by Crippen LogP contribution is -2.26. The molecule has 1 N–H and O–H groups in total. The van der Waals surface area contributed by atoms with Crippen LogP contribution in [0.2, 0.25) is 0 Å². The van der Waals surface area contributed by atoms with Gasteiger partial charge in [-0.1, -0.05) is 5.21 Å². The van der Waals surface area contributed by atoms with Gasteiger partial charge in [-0.2, -0.15) is 5.10 Å². The van der Waals surface area contributed by atoms with Gasteiger partial charge in [-0.3, -0.25) is 9.48 Å². The monoisotopic (exact) mass is 356 g/mol. The Morgan fingerprint density at radius 1 is 1.43 bits per heavy atom. The van der Waals surface area contributed by atoms with E-state index < -0.39 is 0 Å². The number of rotatable bonds is 8. The summed E-state index contributed by atoms with van der Waals surface area (Å²) in [6.45, 7) is 2.36. The molecule has 2 heterocycles. The van der Waals surface area contributed by atoms with Crippen LogP contribution in [0.25, 0.3) is 0 Å². The molecule has 0 aromatic carbocycles. The first kappa shape index (κ1) is 15.6. The van der Waals surface area contributed by atoms with E-state index in [0.717, 1.165) is 13.0 Å². The number of halogens is 1. The molecule has 0 aliphatic carbocycles. The molecule has 0 spiro atoms. The highest BCUT2D eigenvalue weighted by Gasteiger charge is 2.08. The highest BCUT2D eigenvalue weighted by molar-refractivity contribution is 9.10. The summed E-state index contributed by atoms with van der Waals surface area (Å²) in [6.07, 6.45) is 5.96. The molecule has 0 radical (unpaired) electrons. The van der Waals surface area contributed by atoms with Crippen LogP contribution in [0.1, 0.15) is 6.42 Å². The quantitative estimate of drug-likeness (QED) is 0.702. The van der Waals surface area contributed by atoms with Gasteiger partial charge in [-0.25, -0.2) is 4.68 Å². The van der Waals surface area contributed by atoms with Crippen LogP contribution in [0.3, 0.4) is 0 Å². The third kappa shape index (κ3) is 4.36. The van der Waals surface area contributed by atoms with E-state index in [-0.39, 0.29) is 5.56 Å². The third-order valence-corrected chi connectivity index (χ3v) is 3.61. The van der Waals surface area contributed by atoms with Crippen LogP contribution in [0.15, 0.2) is 27.9 Å². The molecule has 2 rings (SSSR count). The summed E-state index contributed by atoms with van der Waals surface area (Å²) in [4.78, 5) is 12.1. The van der Waals surface area contributed by atoms with E-state index in [1.807, 2.05) is 6.20 Å². The summed E-state index contributed by atoms with van der Waals surface area (Å²) in [5, 5.41) is 14.9. The number of nitrogens with one attached hydrogen (secondary N) is 1. The Hall–Kier alpha value is -1.74. The molecule has 0 aliphatic heterocycles. The standard InChI is InChI=1S/C12H17BrN6O2/c1-21-8-7-19-12(20)11(13)10(9-16-19)14-3-2-5-18-6-4-15-17-18/h4,6,9,14H,2-3,5,7-8H2,1H3. The van der Waals surface area contributed by atoms with Crippen molar-refractivity contribution in [3.8, 4) is 0 Å². The Morgan fingerprint density at radius 3 is 3.00 bits per heavy atom. The Kier molecular flexibility index (Phi) is 5.88. The minimum Gasteiger partial charge on any atom is -0.383 e. The molecule has 8 nitrogen and oxygen atoms in total. The summed E-state index contributed by atoms with van der Waals surface area (Å²) in [6, 6.07) is 0. The lowest BCUT2D eigenvalue weighted by molar-refractivity contribution is 0.181. The molecule has 0 saturated heterocycles. The van der Waals surface area contributed by atoms with E-state index in [2.05, 4.69) is 36.7 Å². The molecular formula is C12H17BrN6O2. The maximum Gasteiger partial charge on any atom is 0.283 e. The Bertz CT molecular complexity index is 613. The van der Waals surface area contributed by atoms with Gasteiger partial charge in [0, 0.05) is 26.4 Å². The number of aryl methyl sites for hydroxylation is 1. The summed E-state index contributed by atoms with van der Waals surface area (Å²) in [7, 11) is 1.59. The van der Waals surface area contributed by atoms with E-state index in [4.69, 9.17) is 4.74 Å². The zero-order valence-corrected chi connectivity index (χ0v) is 13.3. The fourth-order valence-electron chi connectivity index (χ4n) is 1.74. The van der Waals surface area contributed by atoms with Gasteiger partial charge < -0.3 is 10.1 Å². The van der Waals surface area contributed by atoms with Crippen LogP contribution < -0.4 is 10.9 Å². The molecule has 0 fully saturated rings. The number of methoxy groups -OCH3 is 1. The molecule has 0 amide bonds. The minimum absolute atomic E-state index is 0.173. The summed E-state index contributed by atoms with van der Waals surface area (Å²) in [5.41, 5.74) is 0.514. The zero-order valence-electron chi connectivity index (χ0n) is 11.7. The first-order chi connectivity index (χ1) is 10.2. The van der Waals surface area contributed by atoms with Crippen molar-refractivity contribution in [2.75, 3.05) is 25.6 Å². The molecule has 0 saturated carbocycles. The van der Waals surface area contributed by atoms with Crippen molar-refractivity contribution in [1.82, 2.24) is 24.8 Å². The normalized spacial score (nSPS) is 10.8. The topological polar surface area (TPSA) is 86.9 Å². The second kappa shape index (κ2) is 7.89. The largest absolute Gasteiger partial charge is 0.383 e. The van der Waals surface area contributed by atoms with Crippen molar-refractivity contribution >= 4 is 21.6 Å². The molecule has 114 valence electrons. The van der Waals surface area contributed by atoms with Crippen molar-refractivity contribution in [1.29, 1.82) is 0 Å². The fourth-order valence-corrected chi connectivity index (χ4v) is 2.19. The van der Waals surface area contributed by atoms with Crippen LogP contribution in [0.4, 0.5) is 5.69 Å². The van der Waals surface area contributed by atoms with Gasteiger partial charge in [0.15, 0.2) is 0 Å². The molecule has 2 aromatic rings. The van der Waals surface area contributed by atoms with Gasteiger partial charge in [0.2, 0.25) is 0 Å². The molecule has 21 heavy (non-hydrogen) atoms. The van der Waals surface area contributed by atoms with E-state index in [9.17, 15) is 4.79 Å². The summed E-state index contributed by atoms with van der Waals surface area (Å²) in [5.74, 6) is 0. The van der Waals surface area contributed by atoms with Gasteiger partial charge in [-0.15, -0.1) is 5.10 Å². The van der Waals surface area contributed by atoms with Crippen LogP contribution in [-0.4, -0.2) is 45.0 Å². The number of hydrogen-bond donors (Lipinski definition) is 1. The second-order valence-electron chi connectivity index (χ2n) is 4.34. The van der Waals surface area contributed by atoms with Crippen molar-refractivity contribution < 1.29 is 4.74 Å². The van der Waals surface area contributed by atoms with Gasteiger partial charge in [-0.05, 0) is 22.4 Å². The summed E-state index contributed by atoms with van der Waals surface area (Å²) < 4.78 is 8.55. The first-order valence-electron chi connectivity index (χ1n) is 6.55. The number of anilines is 1. The number of ether oxygens (including phenoxy) is 1. The average Bonchev–Trinajstić information content (AvgIpc) is 3.00. The SMILES string of the molecule is COCCn1ncc(NCCCn2ccnn2)c(Br)c1=O. The third-order valence-electron chi connectivity index (χ3n) is 2.84. The van der Waals surface area contributed by atoms with Crippen molar-refractivity contribution in [3.63, 3.8) is 0 Å². The Morgan fingerprint density at radius 2 is 2.29 bits per heavy atom. The second-order valence-corrected chi connectivity index (χ2v) is 5.13. The number of nitrogens with zero attached hydrogens (tertiary/aromatic N) is 5. The first-order valence-corrected chi connectivity index (χ1v) is 7.34. The average molecular weight is 357 g/mol. The number of aromatic nitrogens is 5. The highest BCUT2D eigenvalue weighted by atomic mass is 79.9.